The van der Waals surface area contributed by atoms with Gasteiger partial charge in [0.05, 0.1) is 38.6 Å². The number of benzene rings is 11. The fraction of sp³-hybridized carbons (Fsp3) is 0.0179. The molecular weight excluding hydrogens is 1550 g/mol. The molecule has 1 aliphatic carbocycles. The highest BCUT2D eigenvalue weighted by atomic mass is 16.3. The second-order valence-corrected chi connectivity index (χ2v) is 32.7. The summed E-state index contributed by atoms with van der Waals surface area (Å²) in [6.45, 7) is 0. The molecule has 588 valence electrons. The molecule has 14 heterocycles. The summed E-state index contributed by atoms with van der Waals surface area (Å²) in [5, 5.41) is 11.5. The van der Waals surface area contributed by atoms with Crippen molar-refractivity contribution >= 4 is 132 Å². The van der Waals surface area contributed by atoms with Crippen molar-refractivity contribution in [2.45, 2.75) is 12.8 Å². The lowest BCUT2D eigenvalue weighted by Crippen LogP contribution is -2.05. The van der Waals surface area contributed by atoms with E-state index in [1.165, 1.54) is 16.8 Å². The Hall–Kier alpha value is -17.1. The van der Waals surface area contributed by atoms with Crippen LogP contribution in [0.2, 0.25) is 0 Å². The number of pyridine rings is 8. The van der Waals surface area contributed by atoms with Crippen molar-refractivity contribution in [3.05, 3.63) is 401 Å². The van der Waals surface area contributed by atoms with Crippen LogP contribution in [-0.2, 0) is 6.42 Å². The summed E-state index contributed by atoms with van der Waals surface area (Å²) < 4.78 is 25.2. The van der Waals surface area contributed by atoms with Gasteiger partial charge < -0.3 is 27.1 Å². The lowest BCUT2D eigenvalue weighted by Gasteiger charge is -2.17. The Kier molecular flexibility index (Phi) is 15.9. The van der Waals surface area contributed by atoms with Crippen molar-refractivity contribution in [2.75, 3.05) is 0 Å². The first-order valence-electron chi connectivity index (χ1n) is 42.3. The molecule has 126 heavy (non-hydrogen) atoms. The average Bonchev–Trinajstić information content (AvgIpc) is 1.54. The molecule has 25 aromatic rings. The Morgan fingerprint density at radius 3 is 0.778 bits per heavy atom. The maximum atomic E-state index is 7.72. The van der Waals surface area contributed by atoms with E-state index in [-0.39, 0.29) is 0 Å². The fourth-order valence-corrected chi connectivity index (χ4v) is 19.9. The van der Waals surface area contributed by atoms with Crippen LogP contribution in [0.5, 0.6) is 0 Å². The maximum Gasteiger partial charge on any atom is 0.143 e. The van der Waals surface area contributed by atoms with Gasteiger partial charge in [-0.05, 0) is 263 Å². The third-order valence-corrected chi connectivity index (χ3v) is 25.8. The molecule has 0 bridgehead atoms. The summed E-state index contributed by atoms with van der Waals surface area (Å²) >= 11 is 0. The Bertz CT molecular complexity index is 8510. The van der Waals surface area contributed by atoms with Crippen LogP contribution in [0.25, 0.3) is 244 Å². The van der Waals surface area contributed by atoms with Gasteiger partial charge in [0, 0.05) is 242 Å². The fourth-order valence-electron chi connectivity index (χ4n) is 19.9. The summed E-state index contributed by atoms with van der Waals surface area (Å²) in [5.74, 6) is 0. The number of furan rings is 2. The Morgan fingerprint density at radius 1 is 0.206 bits per heavy atom. The predicted octanol–water partition coefficient (Wildman–Crippen LogP) is 27.7. The molecule has 0 amide bonds. The number of hydrogen-bond donors (Lipinski definition) is 0. The van der Waals surface area contributed by atoms with Crippen molar-refractivity contribution < 1.29 is 8.83 Å². The highest BCUT2D eigenvalue weighted by Gasteiger charge is 2.29. The molecule has 14 heteroatoms. The number of fused-ring (bicyclic) bond motifs is 18. The van der Waals surface area contributed by atoms with E-state index in [4.69, 9.17) is 8.83 Å². The molecule has 0 saturated carbocycles. The minimum atomic E-state index is 0.702. The topological polar surface area (TPSA) is 149 Å². The number of aromatic nitrogens is 12. The molecule has 0 fully saturated rings. The van der Waals surface area contributed by atoms with Gasteiger partial charge in [0.15, 0.2) is 0 Å². The van der Waals surface area contributed by atoms with Gasteiger partial charge in [0.2, 0.25) is 0 Å². The SMILES string of the molecule is C1=C(c2cccnc2)CCc2c1c1cc(-c3cccnc3)ccc1n2-c1ccc2oc3c(-c4cc(-n5c6ccc(-c7cccnc7)cc6c6cc(-c7cccnc7)ccc65)cc5c4oc4ccc(-n6c7ccc(-c8cccnc8)cc7c7cc(-c8cccnc8)ccc76)cc45)cc(-n4c5ccc(-c6cccnc6)cc5c5cc(-c6cccnc6)ccc54)cc3c2c1. The minimum Gasteiger partial charge on any atom is -0.455 e. The number of allylic oxidation sites excluding steroid dienone is 1. The monoisotopic (exact) mass is 1610 g/mol. The van der Waals surface area contributed by atoms with Crippen molar-refractivity contribution in [3.8, 4) is 112 Å². The molecular formula is C112H68N12O2. The van der Waals surface area contributed by atoms with Gasteiger partial charge >= 0.3 is 0 Å². The molecule has 11 aromatic carbocycles. The summed E-state index contributed by atoms with van der Waals surface area (Å²) in [4.78, 5) is 36.7. The van der Waals surface area contributed by atoms with Gasteiger partial charge in [0.1, 0.15) is 22.3 Å². The van der Waals surface area contributed by atoms with E-state index in [0.717, 1.165) is 239 Å². The van der Waals surface area contributed by atoms with Crippen LogP contribution < -0.4 is 0 Å². The molecule has 14 aromatic heterocycles. The van der Waals surface area contributed by atoms with E-state index >= 15 is 0 Å². The van der Waals surface area contributed by atoms with Crippen LogP contribution in [0.4, 0.5) is 0 Å². The number of rotatable bonds is 13. The zero-order valence-electron chi connectivity index (χ0n) is 67.5. The molecule has 0 N–H and O–H groups in total. The summed E-state index contributed by atoms with van der Waals surface area (Å²) in [5.41, 5.74) is 35.3. The zero-order chi connectivity index (χ0) is 82.6. The Morgan fingerprint density at radius 2 is 0.476 bits per heavy atom. The van der Waals surface area contributed by atoms with Gasteiger partial charge in [-0.15, -0.1) is 0 Å². The Balaban J connectivity index is 0.765. The van der Waals surface area contributed by atoms with Crippen LogP contribution in [-0.4, -0.2) is 58.1 Å². The zero-order valence-corrected chi connectivity index (χ0v) is 67.5. The van der Waals surface area contributed by atoms with Crippen LogP contribution >= 0.6 is 0 Å². The van der Waals surface area contributed by atoms with E-state index in [0.29, 0.717) is 11.2 Å². The van der Waals surface area contributed by atoms with Gasteiger partial charge in [-0.3, -0.25) is 39.9 Å². The number of hydrogen-bond acceptors (Lipinski definition) is 10. The van der Waals surface area contributed by atoms with Crippen LogP contribution in [0, 0.1) is 0 Å². The molecule has 0 spiro atoms. The van der Waals surface area contributed by atoms with Gasteiger partial charge in [-0.1, -0.05) is 91.0 Å². The quantitative estimate of drug-likeness (QED) is 0.109. The average molecular weight is 1610 g/mol. The largest absolute Gasteiger partial charge is 0.455 e. The van der Waals surface area contributed by atoms with Gasteiger partial charge in [-0.25, -0.2) is 0 Å². The lowest BCUT2D eigenvalue weighted by molar-refractivity contribution is 0.665. The smallest absolute Gasteiger partial charge is 0.143 e. The van der Waals surface area contributed by atoms with Crippen molar-refractivity contribution in [3.63, 3.8) is 0 Å². The van der Waals surface area contributed by atoms with Crippen LogP contribution in [0.3, 0.4) is 0 Å². The third kappa shape index (κ3) is 11.4. The van der Waals surface area contributed by atoms with Crippen LogP contribution in [0.15, 0.2) is 393 Å². The number of nitrogens with zero attached hydrogens (tertiary/aromatic N) is 12. The Labute approximate surface area is 719 Å². The van der Waals surface area contributed by atoms with Gasteiger partial charge in [-0.2, -0.15) is 0 Å². The summed E-state index contributed by atoms with van der Waals surface area (Å²) in [6.07, 6.45) is 34.3. The van der Waals surface area contributed by atoms with E-state index < -0.39 is 0 Å². The van der Waals surface area contributed by atoms with E-state index in [1.54, 1.807) is 0 Å². The predicted molar refractivity (Wildman–Crippen MR) is 509 cm³/mol. The highest BCUT2D eigenvalue weighted by Crippen LogP contribution is 2.50. The molecule has 0 saturated heterocycles. The first kappa shape index (κ1) is 70.7. The standard InChI is InChI=1S/C112H68N12O2/c1-9-75(59-113-37-1)67-17-27-101-87(45-67)88-46-68(76-10-2-38-114-60-76)18-28-102(88)121(101)83-25-35-109-95(53-83)97-55-85(123-105-31-21-71(79-13-5-41-117-63-79)49-91(105)92-50-72(22-32-106(92)123)80-14-6-42-118-64-80)57-99(111(97)125-109)100-58-86(124-107-33-23-73(81-15-7-43-119-65-81)51-93(107)94-52-74(24-34-108(94)124)82-16-8-44-120-66-82)56-98-96-54-84(26-36-110(96)126-112(98)100)122-103-29-19-69(77-11-3-39-115-61-77)47-89(103)90-48-70(20-30-104(90)122)78-12-4-40-116-62-78/h1-19,21-29,31-66H,20,30H2. The molecule has 0 radical (unpaired) electrons. The van der Waals surface area contributed by atoms with Crippen LogP contribution in [0.1, 0.15) is 23.2 Å². The third-order valence-electron chi connectivity index (χ3n) is 25.8. The maximum absolute atomic E-state index is 7.72. The molecule has 0 aliphatic heterocycles. The second-order valence-electron chi connectivity index (χ2n) is 32.7. The van der Waals surface area contributed by atoms with Crippen molar-refractivity contribution in [1.29, 1.82) is 0 Å². The molecule has 14 nitrogen and oxygen atoms in total. The van der Waals surface area contributed by atoms with Gasteiger partial charge in [0.25, 0.3) is 0 Å². The molecule has 1 aliphatic rings. The molecule has 0 atom stereocenters. The van der Waals surface area contributed by atoms with Crippen molar-refractivity contribution in [1.82, 2.24) is 58.1 Å². The summed E-state index contributed by atoms with van der Waals surface area (Å²) in [6, 6.07) is 104. The summed E-state index contributed by atoms with van der Waals surface area (Å²) in [7, 11) is 0. The van der Waals surface area contributed by atoms with E-state index in [2.05, 4.69) is 301 Å². The second kappa shape index (κ2) is 28.3. The molecule has 26 rings (SSSR count). The van der Waals surface area contributed by atoms with E-state index in [1.807, 2.05) is 148 Å². The van der Waals surface area contributed by atoms with Crippen molar-refractivity contribution in [2.24, 2.45) is 0 Å². The van der Waals surface area contributed by atoms with E-state index in [9.17, 15) is 0 Å². The lowest BCUT2D eigenvalue weighted by atomic mass is 9.91. The first-order valence-corrected chi connectivity index (χ1v) is 42.3. The normalized spacial score (nSPS) is 12.4. The minimum absolute atomic E-state index is 0.702. The molecule has 0 unspecified atom stereocenters. The highest BCUT2D eigenvalue weighted by molar-refractivity contribution is 6.20. The first-order chi connectivity index (χ1) is 62.4.